The quantitative estimate of drug-likeness (QED) is 0.758. The van der Waals surface area contributed by atoms with E-state index in [-0.39, 0.29) is 22.4 Å². The van der Waals surface area contributed by atoms with Crippen LogP contribution in [0.3, 0.4) is 0 Å². The Morgan fingerprint density at radius 1 is 1.21 bits per heavy atom. The molecule has 1 heterocycles. The van der Waals surface area contributed by atoms with Crippen LogP contribution >= 0.6 is 11.6 Å². The molecule has 4 bridgehead atoms. The van der Waals surface area contributed by atoms with Gasteiger partial charge >= 0.3 is 5.97 Å². The topological polar surface area (TPSA) is 84.2 Å². The molecule has 152 valence electrons. The van der Waals surface area contributed by atoms with Crippen molar-refractivity contribution in [3.63, 3.8) is 0 Å². The summed E-state index contributed by atoms with van der Waals surface area (Å²) in [7, 11) is 0. The van der Waals surface area contributed by atoms with Crippen LogP contribution in [0.1, 0.15) is 44.9 Å². The second-order valence-corrected chi connectivity index (χ2v) is 9.71. The molecular weight excluding hydrogens is 390 g/mol. The van der Waals surface area contributed by atoms with Gasteiger partial charge in [0.25, 0.3) is 5.56 Å². The van der Waals surface area contributed by atoms with Crippen molar-refractivity contribution in [2.75, 3.05) is 5.32 Å². The van der Waals surface area contributed by atoms with Crippen molar-refractivity contribution in [2.24, 2.45) is 17.3 Å². The molecule has 1 aromatic carbocycles. The van der Waals surface area contributed by atoms with Crippen molar-refractivity contribution in [3.8, 4) is 0 Å². The van der Waals surface area contributed by atoms with Crippen LogP contribution in [0, 0.1) is 17.3 Å². The molecule has 4 saturated carbocycles. The first-order chi connectivity index (χ1) is 13.9. The first kappa shape index (κ1) is 18.7. The Balaban J connectivity index is 1.51. The van der Waals surface area contributed by atoms with Crippen molar-refractivity contribution >= 4 is 28.9 Å². The minimum atomic E-state index is -0.747. The molecule has 2 atom stereocenters. The third-order valence-electron chi connectivity index (χ3n) is 7.10. The van der Waals surface area contributed by atoms with Crippen LogP contribution in [-0.4, -0.2) is 20.9 Å². The zero-order valence-electron chi connectivity index (χ0n) is 16.1. The van der Waals surface area contributed by atoms with E-state index in [1.807, 2.05) is 30.3 Å². The molecule has 29 heavy (non-hydrogen) atoms. The highest BCUT2D eigenvalue weighted by molar-refractivity contribution is 6.33. The van der Waals surface area contributed by atoms with E-state index in [0.29, 0.717) is 23.9 Å². The number of benzene rings is 1. The maximum absolute atomic E-state index is 13.2. The van der Waals surface area contributed by atoms with E-state index >= 15 is 0 Å². The SMILES string of the molecule is O=C(O)CC12C[C@H]3C[C@H](C1)CC(n1ncc(Nc4ccccc4)c(Cl)c1=O)(C3)C2. The van der Waals surface area contributed by atoms with Crippen molar-refractivity contribution in [1.29, 1.82) is 0 Å². The minimum absolute atomic E-state index is 0.131. The zero-order chi connectivity index (χ0) is 20.2. The molecule has 2 N–H and O–H groups in total. The van der Waals surface area contributed by atoms with Gasteiger partial charge in [0.2, 0.25) is 0 Å². The van der Waals surface area contributed by atoms with Gasteiger partial charge in [-0.2, -0.15) is 5.10 Å². The molecule has 1 aromatic heterocycles. The van der Waals surface area contributed by atoms with Crippen LogP contribution in [0.15, 0.2) is 41.3 Å². The normalized spacial score (nSPS) is 32.3. The van der Waals surface area contributed by atoms with Crippen LogP contribution in [0.4, 0.5) is 11.4 Å². The average molecular weight is 414 g/mol. The van der Waals surface area contributed by atoms with Gasteiger partial charge < -0.3 is 10.4 Å². The van der Waals surface area contributed by atoms with Gasteiger partial charge in [0.15, 0.2) is 0 Å². The van der Waals surface area contributed by atoms with Gasteiger partial charge in [0.05, 0.1) is 23.8 Å². The molecule has 0 unspecified atom stereocenters. The van der Waals surface area contributed by atoms with Crippen molar-refractivity contribution in [1.82, 2.24) is 9.78 Å². The lowest BCUT2D eigenvalue weighted by Gasteiger charge is -2.61. The van der Waals surface area contributed by atoms with E-state index in [9.17, 15) is 14.7 Å². The Morgan fingerprint density at radius 2 is 1.90 bits per heavy atom. The van der Waals surface area contributed by atoms with Gasteiger partial charge in [-0.25, -0.2) is 4.68 Å². The number of halogens is 1. The second kappa shape index (κ2) is 6.59. The number of nitrogens with zero attached hydrogens (tertiary/aromatic N) is 2. The van der Waals surface area contributed by atoms with Gasteiger partial charge in [-0.05, 0) is 67.9 Å². The van der Waals surface area contributed by atoms with E-state index in [1.165, 1.54) is 0 Å². The van der Waals surface area contributed by atoms with E-state index in [2.05, 4.69) is 10.4 Å². The number of hydrogen-bond acceptors (Lipinski definition) is 4. The maximum Gasteiger partial charge on any atom is 0.303 e. The van der Waals surface area contributed by atoms with Gasteiger partial charge in [-0.3, -0.25) is 9.59 Å². The molecule has 2 aromatic rings. The number of carboxylic acid groups (broad SMARTS) is 1. The number of anilines is 2. The second-order valence-electron chi connectivity index (χ2n) is 9.34. The molecule has 7 heteroatoms. The number of nitrogens with one attached hydrogen (secondary N) is 1. The number of hydrogen-bond donors (Lipinski definition) is 2. The summed E-state index contributed by atoms with van der Waals surface area (Å²) in [5, 5.41) is 17.3. The molecule has 0 saturated heterocycles. The molecular formula is C22H24ClN3O3. The smallest absolute Gasteiger partial charge is 0.303 e. The third-order valence-corrected chi connectivity index (χ3v) is 7.46. The predicted molar refractivity (Wildman–Crippen MR) is 111 cm³/mol. The fourth-order valence-electron chi connectivity index (χ4n) is 6.71. The minimum Gasteiger partial charge on any atom is -0.481 e. The van der Waals surface area contributed by atoms with Gasteiger partial charge in [0, 0.05) is 5.69 Å². The molecule has 0 spiro atoms. The van der Waals surface area contributed by atoms with Gasteiger partial charge in [-0.15, -0.1) is 0 Å². The van der Waals surface area contributed by atoms with Crippen LogP contribution < -0.4 is 10.9 Å². The highest BCUT2D eigenvalue weighted by Gasteiger charge is 2.59. The van der Waals surface area contributed by atoms with E-state index < -0.39 is 11.5 Å². The maximum atomic E-state index is 13.2. The molecule has 6 nitrogen and oxygen atoms in total. The van der Waals surface area contributed by atoms with Gasteiger partial charge in [-0.1, -0.05) is 29.8 Å². The highest BCUT2D eigenvalue weighted by Crippen LogP contribution is 2.65. The molecule has 0 radical (unpaired) electrons. The third kappa shape index (κ3) is 3.14. The number of carbonyl (C=O) groups is 1. The summed E-state index contributed by atoms with van der Waals surface area (Å²) in [6.07, 6.45) is 7.32. The van der Waals surface area contributed by atoms with Crippen molar-refractivity contribution in [2.45, 2.75) is 50.5 Å². The molecule has 6 rings (SSSR count). The summed E-state index contributed by atoms with van der Waals surface area (Å²) in [6, 6.07) is 9.53. The van der Waals surface area contributed by atoms with E-state index in [1.54, 1.807) is 10.9 Å². The number of rotatable bonds is 5. The Hall–Kier alpha value is -2.34. The number of carboxylic acids is 1. The van der Waals surface area contributed by atoms with E-state index in [0.717, 1.165) is 37.8 Å². The Morgan fingerprint density at radius 3 is 2.55 bits per heavy atom. The molecule has 4 fully saturated rings. The average Bonchev–Trinajstić information content (AvgIpc) is 2.64. The summed E-state index contributed by atoms with van der Waals surface area (Å²) in [5.74, 6) is 0.179. The predicted octanol–water partition coefficient (Wildman–Crippen LogP) is 4.41. The largest absolute Gasteiger partial charge is 0.481 e. The van der Waals surface area contributed by atoms with E-state index in [4.69, 9.17) is 11.6 Å². The fourth-order valence-corrected chi connectivity index (χ4v) is 6.89. The first-order valence-corrected chi connectivity index (χ1v) is 10.6. The summed E-state index contributed by atoms with van der Waals surface area (Å²) in [4.78, 5) is 24.8. The number of aliphatic carboxylic acids is 1. The highest BCUT2D eigenvalue weighted by atomic mass is 35.5. The van der Waals surface area contributed by atoms with Gasteiger partial charge in [0.1, 0.15) is 5.02 Å². The zero-order valence-corrected chi connectivity index (χ0v) is 16.9. The Kier molecular flexibility index (Phi) is 4.24. The molecule has 4 aliphatic rings. The summed E-state index contributed by atoms with van der Waals surface area (Å²) in [5.41, 5.74) is 0.406. The fraction of sp³-hybridized carbons (Fsp3) is 0.500. The van der Waals surface area contributed by atoms with Crippen molar-refractivity contribution < 1.29 is 9.90 Å². The van der Waals surface area contributed by atoms with Crippen LogP contribution in [0.25, 0.3) is 0 Å². The number of para-hydroxylation sites is 1. The van der Waals surface area contributed by atoms with Crippen LogP contribution in [0.5, 0.6) is 0 Å². The molecule has 0 amide bonds. The molecule has 0 aliphatic heterocycles. The van der Waals surface area contributed by atoms with Crippen LogP contribution in [-0.2, 0) is 10.3 Å². The lowest BCUT2D eigenvalue weighted by atomic mass is 9.46. The first-order valence-electron chi connectivity index (χ1n) is 10.2. The van der Waals surface area contributed by atoms with Crippen LogP contribution in [0.2, 0.25) is 5.02 Å². The molecule has 4 aliphatic carbocycles. The lowest BCUT2D eigenvalue weighted by Crippen LogP contribution is -2.59. The summed E-state index contributed by atoms with van der Waals surface area (Å²) < 4.78 is 1.58. The Labute approximate surface area is 173 Å². The standard InChI is InChI=1S/C22H24ClN3O3/c23-19-17(25-16-4-2-1-3-5-16)12-24-26(20(19)29)22-9-14-6-15(10-22)8-21(7-14,13-22)11-18(27)28/h1-5,12,14-15,25H,6-11,13H2,(H,27,28)/t14-,15-,21?,22?/m1/s1. The summed E-state index contributed by atoms with van der Waals surface area (Å²) in [6.45, 7) is 0. The number of aromatic nitrogens is 2. The monoisotopic (exact) mass is 413 g/mol. The van der Waals surface area contributed by atoms with Crippen molar-refractivity contribution in [3.05, 3.63) is 51.9 Å². The Bertz CT molecular complexity index is 1010. The lowest BCUT2D eigenvalue weighted by molar-refractivity contribution is -0.151. The summed E-state index contributed by atoms with van der Waals surface area (Å²) >= 11 is 6.48.